The second kappa shape index (κ2) is 9.69. The number of nitrogens with one attached hydrogen (secondary N) is 2. The summed E-state index contributed by atoms with van der Waals surface area (Å²) in [5.74, 6) is -0.913. The van der Waals surface area contributed by atoms with Gasteiger partial charge in [-0.05, 0) is 48.0 Å². The fraction of sp³-hybridized carbons (Fsp3) is 0.350. The minimum Gasteiger partial charge on any atom is -0.308 e. The second-order valence-corrected chi connectivity index (χ2v) is 9.54. The summed E-state index contributed by atoms with van der Waals surface area (Å²) in [5.41, 5.74) is 1.34. The van der Waals surface area contributed by atoms with E-state index in [2.05, 4.69) is 10.6 Å². The molecule has 1 heterocycles. The van der Waals surface area contributed by atoms with Crippen molar-refractivity contribution in [1.29, 1.82) is 0 Å². The maximum absolute atomic E-state index is 14.1. The van der Waals surface area contributed by atoms with E-state index in [4.69, 9.17) is 0 Å². The molecule has 0 radical (unpaired) electrons. The molecule has 0 unspecified atom stereocenters. The minimum atomic E-state index is -3.45. The van der Waals surface area contributed by atoms with Gasteiger partial charge in [0.2, 0.25) is 0 Å². The minimum absolute atomic E-state index is 0.281. The van der Waals surface area contributed by atoms with Gasteiger partial charge in [0.1, 0.15) is 11.6 Å². The van der Waals surface area contributed by atoms with Crippen LogP contribution in [-0.2, 0) is 16.8 Å². The Labute approximate surface area is 180 Å². The molecule has 0 atom stereocenters. The van der Waals surface area contributed by atoms with Gasteiger partial charge in [-0.3, -0.25) is 4.90 Å². The zero-order valence-corrected chi connectivity index (χ0v) is 18.1. The molecule has 2 aromatic carbocycles. The van der Waals surface area contributed by atoms with Crippen molar-refractivity contribution in [3.8, 4) is 0 Å². The van der Waals surface area contributed by atoms with Gasteiger partial charge in [-0.25, -0.2) is 13.6 Å². The van der Waals surface area contributed by atoms with Gasteiger partial charge in [-0.15, -0.1) is 0 Å². The van der Waals surface area contributed by atoms with Gasteiger partial charge in [0.15, 0.2) is 0 Å². The Morgan fingerprint density at radius 2 is 1.55 bits per heavy atom. The average Bonchev–Trinajstić information content (AvgIpc) is 2.69. The summed E-state index contributed by atoms with van der Waals surface area (Å²) >= 11 is 0. The van der Waals surface area contributed by atoms with Gasteiger partial charge in [-0.2, -0.15) is 17.0 Å². The molecule has 1 aliphatic heterocycles. The van der Waals surface area contributed by atoms with Crippen LogP contribution in [0.15, 0.2) is 42.5 Å². The molecule has 2 N–H and O–H groups in total. The van der Waals surface area contributed by atoms with Crippen molar-refractivity contribution in [3.63, 3.8) is 0 Å². The highest BCUT2D eigenvalue weighted by molar-refractivity contribution is 7.86. The summed E-state index contributed by atoms with van der Waals surface area (Å²) in [6.07, 6.45) is 0. The van der Waals surface area contributed by atoms with Crippen molar-refractivity contribution in [3.05, 3.63) is 59.7 Å². The van der Waals surface area contributed by atoms with Crippen LogP contribution in [0.25, 0.3) is 0 Å². The number of anilines is 2. The van der Waals surface area contributed by atoms with Crippen LogP contribution in [0.2, 0.25) is 0 Å². The highest BCUT2D eigenvalue weighted by Crippen LogP contribution is 2.18. The summed E-state index contributed by atoms with van der Waals surface area (Å²) in [5, 5.41) is 5.12. The Balaban J connectivity index is 1.58. The highest BCUT2D eigenvalue weighted by Gasteiger charge is 2.28. The predicted octanol–water partition coefficient (Wildman–Crippen LogP) is 2.53. The van der Waals surface area contributed by atoms with Gasteiger partial charge in [-0.1, -0.05) is 0 Å². The van der Waals surface area contributed by atoms with E-state index < -0.39 is 27.9 Å². The van der Waals surface area contributed by atoms with Crippen molar-refractivity contribution < 1.29 is 22.0 Å². The number of piperazine rings is 1. The lowest BCUT2D eigenvalue weighted by Gasteiger charge is -2.35. The molecule has 0 bridgehead atoms. The first-order valence-electron chi connectivity index (χ1n) is 9.66. The normalized spacial score (nSPS) is 15.8. The van der Waals surface area contributed by atoms with E-state index in [9.17, 15) is 22.0 Å². The Kier molecular flexibility index (Phi) is 7.21. The van der Waals surface area contributed by atoms with Gasteiger partial charge < -0.3 is 10.6 Å². The topological polar surface area (TPSA) is 85.0 Å². The summed E-state index contributed by atoms with van der Waals surface area (Å²) in [7, 11) is -0.456. The molecule has 11 heteroatoms. The summed E-state index contributed by atoms with van der Waals surface area (Å²) in [6.45, 7) is 2.14. The van der Waals surface area contributed by atoms with Crippen LogP contribution in [0.3, 0.4) is 0 Å². The van der Waals surface area contributed by atoms with Crippen molar-refractivity contribution in [1.82, 2.24) is 13.5 Å². The number of nitrogens with zero attached hydrogens (tertiary/aromatic N) is 3. The van der Waals surface area contributed by atoms with E-state index in [-0.39, 0.29) is 5.69 Å². The molecule has 2 aromatic rings. The Hall–Kier alpha value is -2.60. The number of benzene rings is 2. The molecule has 0 saturated carbocycles. The standard InChI is InChI=1S/C20H25F2N5O3S/c1-25(2)31(29,30)27-9-7-26(8-10-27)14-15-11-17(22)13-19(12-15)24-20(28)23-18-5-3-16(21)4-6-18/h3-6,11-13H,7-10,14H2,1-2H3,(H2,23,24,28). The number of halogens is 2. The zero-order valence-electron chi connectivity index (χ0n) is 17.3. The molecule has 1 fully saturated rings. The number of carbonyl (C=O) groups excluding carboxylic acids is 1. The first-order chi connectivity index (χ1) is 14.6. The van der Waals surface area contributed by atoms with Crippen molar-refractivity contribution >= 4 is 27.6 Å². The van der Waals surface area contributed by atoms with Crippen molar-refractivity contribution in [2.75, 3.05) is 50.9 Å². The highest BCUT2D eigenvalue weighted by atomic mass is 32.2. The van der Waals surface area contributed by atoms with E-state index in [1.807, 2.05) is 4.90 Å². The smallest absolute Gasteiger partial charge is 0.308 e. The zero-order chi connectivity index (χ0) is 22.6. The lowest BCUT2D eigenvalue weighted by Crippen LogP contribution is -2.51. The lowest BCUT2D eigenvalue weighted by molar-refractivity contribution is 0.177. The van der Waals surface area contributed by atoms with Crippen molar-refractivity contribution in [2.24, 2.45) is 0 Å². The number of carbonyl (C=O) groups is 1. The third-order valence-corrected chi connectivity index (χ3v) is 6.78. The largest absolute Gasteiger partial charge is 0.323 e. The fourth-order valence-corrected chi connectivity index (χ4v) is 4.33. The fourth-order valence-electron chi connectivity index (χ4n) is 3.25. The van der Waals surface area contributed by atoms with Crippen LogP contribution >= 0.6 is 0 Å². The molecule has 0 aromatic heterocycles. The lowest BCUT2D eigenvalue weighted by atomic mass is 10.1. The maximum atomic E-state index is 14.1. The number of urea groups is 1. The summed E-state index contributed by atoms with van der Waals surface area (Å²) < 4.78 is 54.1. The Bertz CT molecular complexity index is 1020. The third-order valence-electron chi connectivity index (χ3n) is 4.84. The summed E-state index contributed by atoms with van der Waals surface area (Å²) in [4.78, 5) is 14.2. The maximum Gasteiger partial charge on any atom is 0.323 e. The Morgan fingerprint density at radius 1 is 0.935 bits per heavy atom. The monoisotopic (exact) mass is 453 g/mol. The molecule has 0 aliphatic carbocycles. The van der Waals surface area contributed by atoms with E-state index in [1.165, 1.54) is 59.1 Å². The molecule has 8 nitrogen and oxygen atoms in total. The average molecular weight is 454 g/mol. The van der Waals surface area contributed by atoms with E-state index in [0.29, 0.717) is 44.0 Å². The van der Waals surface area contributed by atoms with Gasteiger partial charge in [0, 0.05) is 58.2 Å². The molecular weight excluding hydrogens is 428 g/mol. The molecule has 168 valence electrons. The van der Waals surface area contributed by atoms with E-state index in [0.717, 1.165) is 0 Å². The van der Waals surface area contributed by atoms with Crippen LogP contribution in [0.5, 0.6) is 0 Å². The van der Waals surface area contributed by atoms with Gasteiger partial charge in [0.25, 0.3) is 10.2 Å². The van der Waals surface area contributed by atoms with Crippen LogP contribution in [0.1, 0.15) is 5.56 Å². The Morgan fingerprint density at radius 3 is 2.16 bits per heavy atom. The van der Waals surface area contributed by atoms with Crippen LogP contribution in [-0.4, -0.2) is 68.2 Å². The molecule has 2 amide bonds. The number of hydrogen-bond donors (Lipinski definition) is 2. The van der Waals surface area contributed by atoms with E-state index >= 15 is 0 Å². The van der Waals surface area contributed by atoms with Crippen LogP contribution < -0.4 is 10.6 Å². The van der Waals surface area contributed by atoms with Crippen molar-refractivity contribution in [2.45, 2.75) is 6.54 Å². The quantitative estimate of drug-likeness (QED) is 0.704. The first kappa shape index (κ1) is 23.1. The van der Waals surface area contributed by atoms with Crippen LogP contribution in [0.4, 0.5) is 25.0 Å². The molecule has 1 saturated heterocycles. The SMILES string of the molecule is CN(C)S(=O)(=O)N1CCN(Cc2cc(F)cc(NC(=O)Nc3ccc(F)cc3)c2)CC1. The molecule has 31 heavy (non-hydrogen) atoms. The first-order valence-corrected chi connectivity index (χ1v) is 11.1. The molecule has 1 aliphatic rings. The number of hydrogen-bond acceptors (Lipinski definition) is 4. The van der Waals surface area contributed by atoms with Crippen LogP contribution in [0, 0.1) is 11.6 Å². The van der Waals surface area contributed by atoms with Gasteiger partial charge in [0.05, 0.1) is 0 Å². The number of amides is 2. The second-order valence-electron chi connectivity index (χ2n) is 7.40. The molecule has 0 spiro atoms. The molecule has 3 rings (SSSR count). The van der Waals surface area contributed by atoms with E-state index in [1.54, 1.807) is 6.07 Å². The van der Waals surface area contributed by atoms with Gasteiger partial charge >= 0.3 is 6.03 Å². The number of rotatable bonds is 6. The summed E-state index contributed by atoms with van der Waals surface area (Å²) in [6, 6.07) is 8.95. The predicted molar refractivity (Wildman–Crippen MR) is 115 cm³/mol. The third kappa shape index (κ3) is 6.20. The molecular formula is C20H25F2N5O3S.